The van der Waals surface area contributed by atoms with Crippen LogP contribution in [-0.2, 0) is 9.59 Å². The molecule has 2 aromatic carbocycles. The number of aryl methyl sites for hydroxylation is 3. The van der Waals surface area contributed by atoms with Gasteiger partial charge in [-0.1, -0.05) is 35.5 Å². The average molecular weight is 338 g/mol. The summed E-state index contributed by atoms with van der Waals surface area (Å²) in [7, 11) is 0. The third-order valence-electron chi connectivity index (χ3n) is 3.90. The van der Waals surface area contributed by atoms with Crippen LogP contribution >= 0.6 is 11.8 Å². The lowest BCUT2D eigenvalue weighted by Crippen LogP contribution is -2.24. The molecule has 0 saturated carbocycles. The highest BCUT2D eigenvalue weighted by Crippen LogP contribution is 2.32. The van der Waals surface area contributed by atoms with Gasteiger partial charge < -0.3 is 5.32 Å². The first kappa shape index (κ1) is 16.3. The summed E-state index contributed by atoms with van der Waals surface area (Å²) >= 11 is 1.29. The summed E-state index contributed by atoms with van der Waals surface area (Å²) in [5.41, 5.74) is 4.54. The Labute approximate surface area is 145 Å². The van der Waals surface area contributed by atoms with Crippen molar-refractivity contribution in [1.82, 2.24) is 5.32 Å². The van der Waals surface area contributed by atoms with Crippen LogP contribution in [0, 0.1) is 20.8 Å². The predicted octanol–water partition coefficient (Wildman–Crippen LogP) is 3.68. The van der Waals surface area contributed by atoms with Crippen LogP contribution in [0.4, 0.5) is 5.69 Å². The van der Waals surface area contributed by atoms with Crippen LogP contribution in [-0.4, -0.2) is 11.8 Å². The van der Waals surface area contributed by atoms with Gasteiger partial charge in [0.1, 0.15) is 10.6 Å². The Morgan fingerprint density at radius 3 is 2.25 bits per heavy atom. The molecule has 1 aliphatic heterocycles. The molecule has 0 atom stereocenters. The van der Waals surface area contributed by atoms with E-state index in [0.29, 0.717) is 10.6 Å². The minimum atomic E-state index is -0.396. The Morgan fingerprint density at radius 2 is 1.58 bits per heavy atom. The highest BCUT2D eigenvalue weighted by atomic mass is 32.2. The van der Waals surface area contributed by atoms with E-state index in [1.807, 2.05) is 63.2 Å². The lowest BCUT2D eigenvalue weighted by molar-refractivity contribution is -0.123. The molecule has 0 radical (unpaired) electrons. The highest BCUT2D eigenvalue weighted by molar-refractivity contribution is 8.04. The summed E-state index contributed by atoms with van der Waals surface area (Å²) in [6, 6.07) is 13.7. The molecule has 0 unspecified atom stereocenters. The molecule has 0 fully saturated rings. The molecule has 1 aliphatic rings. The SMILES string of the molecule is Cc1ccc(SC2=C(Nc3ccc(C)c(C)c3)C(=O)NC2=O)cc1. The summed E-state index contributed by atoms with van der Waals surface area (Å²) < 4.78 is 0. The monoisotopic (exact) mass is 338 g/mol. The number of carbonyl (C=O) groups excluding carboxylic acids is 2. The molecule has 2 N–H and O–H groups in total. The Hall–Kier alpha value is -2.53. The molecule has 24 heavy (non-hydrogen) atoms. The number of carbonyl (C=O) groups is 2. The first-order chi connectivity index (χ1) is 11.4. The first-order valence-corrected chi connectivity index (χ1v) is 8.44. The molecule has 4 nitrogen and oxygen atoms in total. The average Bonchev–Trinajstić information content (AvgIpc) is 2.80. The number of anilines is 1. The van der Waals surface area contributed by atoms with Gasteiger partial charge in [-0.3, -0.25) is 14.9 Å². The van der Waals surface area contributed by atoms with Crippen molar-refractivity contribution in [3.63, 3.8) is 0 Å². The van der Waals surface area contributed by atoms with Crippen molar-refractivity contribution in [2.24, 2.45) is 0 Å². The number of rotatable bonds is 4. The second-order valence-corrected chi connectivity index (χ2v) is 6.91. The quantitative estimate of drug-likeness (QED) is 0.835. The number of amides is 2. The Morgan fingerprint density at radius 1 is 0.875 bits per heavy atom. The van der Waals surface area contributed by atoms with Crippen LogP contribution in [0.3, 0.4) is 0 Å². The number of hydrogen-bond donors (Lipinski definition) is 2. The van der Waals surface area contributed by atoms with Gasteiger partial charge in [-0.05, 0) is 56.2 Å². The molecule has 1 heterocycles. The first-order valence-electron chi connectivity index (χ1n) is 7.63. The van der Waals surface area contributed by atoms with E-state index in [4.69, 9.17) is 0 Å². The van der Waals surface area contributed by atoms with Gasteiger partial charge in [0.2, 0.25) is 0 Å². The lowest BCUT2D eigenvalue weighted by Gasteiger charge is -2.09. The molecular formula is C19H18N2O2S. The van der Waals surface area contributed by atoms with Crippen LogP contribution in [0.5, 0.6) is 0 Å². The van der Waals surface area contributed by atoms with Crippen LogP contribution in [0.2, 0.25) is 0 Å². The third-order valence-corrected chi connectivity index (χ3v) is 5.01. The fourth-order valence-corrected chi connectivity index (χ4v) is 3.24. The fraction of sp³-hybridized carbons (Fsp3) is 0.158. The maximum Gasteiger partial charge on any atom is 0.275 e. The molecule has 0 bridgehead atoms. The van der Waals surface area contributed by atoms with E-state index in [0.717, 1.165) is 21.7 Å². The number of nitrogens with one attached hydrogen (secondary N) is 2. The van der Waals surface area contributed by atoms with Crippen molar-refractivity contribution in [3.05, 3.63) is 69.8 Å². The third kappa shape index (κ3) is 3.36. The van der Waals surface area contributed by atoms with Gasteiger partial charge in [-0.25, -0.2) is 0 Å². The lowest BCUT2D eigenvalue weighted by atomic mass is 10.1. The maximum absolute atomic E-state index is 12.1. The van der Waals surface area contributed by atoms with Gasteiger partial charge in [-0.2, -0.15) is 0 Å². The fourth-order valence-electron chi connectivity index (χ4n) is 2.34. The van der Waals surface area contributed by atoms with Crippen molar-refractivity contribution in [3.8, 4) is 0 Å². The van der Waals surface area contributed by atoms with E-state index in [1.54, 1.807) is 0 Å². The van der Waals surface area contributed by atoms with E-state index in [2.05, 4.69) is 10.6 Å². The van der Waals surface area contributed by atoms with Gasteiger partial charge >= 0.3 is 0 Å². The minimum absolute atomic E-state index is 0.300. The summed E-state index contributed by atoms with van der Waals surface area (Å²) in [6.45, 7) is 6.05. The molecule has 2 amide bonds. The van der Waals surface area contributed by atoms with Crippen molar-refractivity contribution < 1.29 is 9.59 Å². The topological polar surface area (TPSA) is 58.2 Å². The molecule has 122 valence electrons. The molecule has 0 saturated heterocycles. The van der Waals surface area contributed by atoms with Crippen molar-refractivity contribution in [2.45, 2.75) is 25.7 Å². The van der Waals surface area contributed by atoms with E-state index >= 15 is 0 Å². The van der Waals surface area contributed by atoms with E-state index in [1.165, 1.54) is 17.3 Å². The van der Waals surface area contributed by atoms with Gasteiger partial charge in [0.25, 0.3) is 11.8 Å². The zero-order valence-electron chi connectivity index (χ0n) is 13.8. The molecule has 0 aromatic heterocycles. The van der Waals surface area contributed by atoms with Gasteiger partial charge in [-0.15, -0.1) is 0 Å². The van der Waals surface area contributed by atoms with Crippen LogP contribution in [0.15, 0.2) is 58.0 Å². The van der Waals surface area contributed by atoms with Crippen molar-refractivity contribution >= 4 is 29.3 Å². The van der Waals surface area contributed by atoms with Crippen LogP contribution < -0.4 is 10.6 Å². The standard InChI is InChI=1S/C19H18N2O2S/c1-11-4-8-15(9-5-11)24-17-16(18(22)21-19(17)23)20-14-7-6-12(2)13(3)10-14/h4-10H,1-3H3,(H2,20,21,22,23). The van der Waals surface area contributed by atoms with Crippen molar-refractivity contribution in [1.29, 1.82) is 0 Å². The summed E-state index contributed by atoms with van der Waals surface area (Å²) in [6.07, 6.45) is 0. The highest BCUT2D eigenvalue weighted by Gasteiger charge is 2.31. The maximum atomic E-state index is 12.1. The number of benzene rings is 2. The summed E-state index contributed by atoms with van der Waals surface area (Å²) in [4.78, 5) is 25.6. The molecule has 0 aliphatic carbocycles. The van der Waals surface area contributed by atoms with Gasteiger partial charge in [0.15, 0.2) is 0 Å². The molecule has 5 heteroatoms. The zero-order valence-corrected chi connectivity index (χ0v) is 14.6. The zero-order chi connectivity index (χ0) is 17.3. The van der Waals surface area contributed by atoms with Gasteiger partial charge in [0.05, 0.1) is 0 Å². The van der Waals surface area contributed by atoms with E-state index in [9.17, 15) is 9.59 Å². The molecular weight excluding hydrogens is 320 g/mol. The van der Waals surface area contributed by atoms with Gasteiger partial charge in [0, 0.05) is 10.6 Å². The Balaban J connectivity index is 1.92. The minimum Gasteiger partial charge on any atom is -0.350 e. The number of imide groups is 1. The number of thioether (sulfide) groups is 1. The number of hydrogen-bond acceptors (Lipinski definition) is 4. The van der Waals surface area contributed by atoms with E-state index < -0.39 is 5.91 Å². The summed E-state index contributed by atoms with van der Waals surface area (Å²) in [5, 5.41) is 5.46. The Bertz CT molecular complexity index is 854. The second-order valence-electron chi connectivity index (χ2n) is 5.83. The smallest absolute Gasteiger partial charge is 0.275 e. The van der Waals surface area contributed by atoms with Crippen LogP contribution in [0.1, 0.15) is 16.7 Å². The normalized spacial score (nSPS) is 14.1. The molecule has 0 spiro atoms. The van der Waals surface area contributed by atoms with Crippen LogP contribution in [0.25, 0.3) is 0 Å². The summed E-state index contributed by atoms with van der Waals surface area (Å²) in [5.74, 6) is -0.759. The second kappa shape index (κ2) is 6.53. The largest absolute Gasteiger partial charge is 0.350 e. The van der Waals surface area contributed by atoms with E-state index in [-0.39, 0.29) is 5.91 Å². The molecule has 3 rings (SSSR count). The predicted molar refractivity (Wildman–Crippen MR) is 96.8 cm³/mol. The molecule has 2 aromatic rings. The Kier molecular flexibility index (Phi) is 4.44. The van der Waals surface area contributed by atoms with Crippen molar-refractivity contribution in [2.75, 3.05) is 5.32 Å².